The second-order valence-electron chi connectivity index (χ2n) is 16.5. The Morgan fingerprint density at radius 2 is 1.50 bits per heavy atom. The molecule has 2 bridgehead atoms. The van der Waals surface area contributed by atoms with Crippen LogP contribution in [0.4, 0.5) is 0 Å². The minimum atomic E-state index is -1.39. The molecule has 54 heavy (non-hydrogen) atoms. The van der Waals surface area contributed by atoms with E-state index in [-0.39, 0.29) is 25.2 Å². The lowest BCUT2D eigenvalue weighted by Gasteiger charge is -2.48. The largest absolute Gasteiger partial charge is 0.391 e. The van der Waals surface area contributed by atoms with E-state index >= 15 is 0 Å². The number of aliphatic hydroxyl groups excluding tert-OH is 1. The first-order valence-electron chi connectivity index (χ1n) is 18.5. The van der Waals surface area contributed by atoms with Crippen molar-refractivity contribution in [1.29, 1.82) is 0 Å². The van der Waals surface area contributed by atoms with Crippen LogP contribution in [0.1, 0.15) is 58.4 Å². The van der Waals surface area contributed by atoms with Crippen molar-refractivity contribution in [2.75, 3.05) is 13.2 Å². The Morgan fingerprint density at radius 3 is 2.19 bits per heavy atom. The third kappa shape index (κ3) is 5.07. The molecule has 5 heterocycles. The molecule has 1 N–H and O–H groups in total. The smallest absolute Gasteiger partial charge is 0.248 e. The molecule has 14 heteroatoms. The first kappa shape index (κ1) is 36.3. The molecule has 2 amide bonds. The maximum absolute atomic E-state index is 14.6. The van der Waals surface area contributed by atoms with Gasteiger partial charge in [0.15, 0.2) is 17.9 Å². The number of aliphatic hydroxyl groups is 1. The molecule has 9 rings (SSSR count). The SMILES string of the molecule is CC1(C)OCC2OC(OCCn3cc(CN4C(=O)C5C6(C)C(c7ccccc7)=C(c7ccccc7)C(C)(C6O)C5(Br)C4=O)nn3)C3OC(C)(C)OC3C2O1. The number of ether oxygens (including phenoxy) is 6. The number of benzene rings is 2. The van der Waals surface area contributed by atoms with Crippen molar-refractivity contribution in [3.63, 3.8) is 0 Å². The van der Waals surface area contributed by atoms with E-state index in [1.807, 2.05) is 102 Å². The number of alkyl halides is 1. The van der Waals surface area contributed by atoms with Crippen LogP contribution in [-0.4, -0.2) is 103 Å². The zero-order chi connectivity index (χ0) is 38.0. The summed E-state index contributed by atoms with van der Waals surface area (Å²) in [5.74, 6) is -3.23. The summed E-state index contributed by atoms with van der Waals surface area (Å²) in [5, 5.41) is 20.9. The zero-order valence-corrected chi connectivity index (χ0v) is 32.7. The van der Waals surface area contributed by atoms with Crippen LogP contribution in [0.3, 0.4) is 0 Å². The summed E-state index contributed by atoms with van der Waals surface area (Å²) in [6.45, 7) is 12.1. The lowest BCUT2D eigenvalue weighted by Crippen LogP contribution is -2.63. The summed E-state index contributed by atoms with van der Waals surface area (Å²) >= 11 is 3.88. The normalized spacial score (nSPS) is 38.9. The van der Waals surface area contributed by atoms with E-state index in [0.717, 1.165) is 22.3 Å². The third-order valence-corrected chi connectivity index (χ3v) is 13.9. The second-order valence-corrected chi connectivity index (χ2v) is 17.7. The van der Waals surface area contributed by atoms with Gasteiger partial charge in [-0.1, -0.05) is 95.7 Å². The molecule has 2 aromatic carbocycles. The molecule has 10 atom stereocenters. The van der Waals surface area contributed by atoms with Crippen LogP contribution in [0.5, 0.6) is 0 Å². The topological polar surface area (TPSA) is 144 Å². The quantitative estimate of drug-likeness (QED) is 0.257. The van der Waals surface area contributed by atoms with E-state index in [0.29, 0.717) is 18.8 Å². The van der Waals surface area contributed by atoms with E-state index < -0.39 is 69.3 Å². The van der Waals surface area contributed by atoms with Crippen molar-refractivity contribution in [3.05, 3.63) is 83.7 Å². The van der Waals surface area contributed by atoms with Crippen LogP contribution in [0.25, 0.3) is 11.1 Å². The molecular formula is C40H45BrN4O9. The molecular weight excluding hydrogens is 760 g/mol. The summed E-state index contributed by atoms with van der Waals surface area (Å²) in [7, 11) is 0. The highest BCUT2D eigenvalue weighted by Crippen LogP contribution is 2.79. The summed E-state index contributed by atoms with van der Waals surface area (Å²) in [6, 6.07) is 19.7. The molecule has 0 spiro atoms. The van der Waals surface area contributed by atoms with E-state index in [2.05, 4.69) is 26.2 Å². The average Bonchev–Trinajstić information content (AvgIpc) is 3.86. The number of hydrogen-bond acceptors (Lipinski definition) is 11. The van der Waals surface area contributed by atoms with Gasteiger partial charge in [0, 0.05) is 10.8 Å². The van der Waals surface area contributed by atoms with Gasteiger partial charge in [-0.3, -0.25) is 14.5 Å². The number of carbonyl (C=O) groups is 2. The fourth-order valence-corrected chi connectivity index (χ4v) is 11.4. The molecule has 13 nitrogen and oxygen atoms in total. The summed E-state index contributed by atoms with van der Waals surface area (Å²) in [6.07, 6.45) is -1.71. The predicted octanol–water partition coefficient (Wildman–Crippen LogP) is 4.32. The van der Waals surface area contributed by atoms with Crippen molar-refractivity contribution < 1.29 is 43.1 Å². The van der Waals surface area contributed by atoms with Crippen LogP contribution in [0, 0.1) is 16.7 Å². The monoisotopic (exact) mass is 804 g/mol. The number of hydrogen-bond donors (Lipinski definition) is 1. The molecule has 6 aliphatic rings. The van der Waals surface area contributed by atoms with Crippen molar-refractivity contribution in [2.45, 2.75) is 107 Å². The van der Waals surface area contributed by atoms with Gasteiger partial charge < -0.3 is 33.5 Å². The number of likely N-dealkylation sites (tertiary alicyclic amines) is 1. The number of imide groups is 1. The van der Waals surface area contributed by atoms with Gasteiger partial charge in [0.25, 0.3) is 0 Å². The van der Waals surface area contributed by atoms with Gasteiger partial charge in [-0.15, -0.1) is 5.10 Å². The number of amides is 2. The van der Waals surface area contributed by atoms with Gasteiger partial charge in [0.2, 0.25) is 11.8 Å². The van der Waals surface area contributed by atoms with Crippen LogP contribution >= 0.6 is 15.9 Å². The van der Waals surface area contributed by atoms with Crippen LogP contribution in [0.15, 0.2) is 66.9 Å². The molecule has 0 radical (unpaired) electrons. The van der Waals surface area contributed by atoms with Crippen LogP contribution < -0.4 is 0 Å². The molecule has 2 aliphatic carbocycles. The fourth-order valence-electron chi connectivity index (χ4n) is 10.1. The van der Waals surface area contributed by atoms with Gasteiger partial charge >= 0.3 is 0 Å². The maximum Gasteiger partial charge on any atom is 0.248 e. The lowest BCUT2D eigenvalue weighted by molar-refractivity contribution is -0.370. The Balaban J connectivity index is 0.929. The highest BCUT2D eigenvalue weighted by Gasteiger charge is 2.85. The molecule has 5 fully saturated rings. The number of fused-ring (bicyclic) bond motifs is 8. The van der Waals surface area contributed by atoms with E-state index in [9.17, 15) is 14.7 Å². The van der Waals surface area contributed by atoms with Crippen molar-refractivity contribution in [2.24, 2.45) is 16.7 Å². The maximum atomic E-state index is 14.6. The second kappa shape index (κ2) is 12.3. The van der Waals surface area contributed by atoms with E-state index in [1.165, 1.54) is 4.90 Å². The van der Waals surface area contributed by atoms with Gasteiger partial charge in [-0.2, -0.15) is 0 Å². The molecule has 1 aromatic heterocycles. The fraction of sp³-hybridized carbons (Fsp3) is 0.550. The number of carbonyl (C=O) groups excluding carboxylic acids is 2. The Bertz CT molecular complexity index is 2020. The highest BCUT2D eigenvalue weighted by atomic mass is 79.9. The van der Waals surface area contributed by atoms with Crippen molar-refractivity contribution in [1.82, 2.24) is 19.9 Å². The lowest BCUT2D eigenvalue weighted by atomic mass is 9.63. The standard InChI is InChI=1S/C40H45BrN4O9/c1-36(2)50-21-25-28(52-36)29-30(54-37(3,4)53-29)33(51-25)49-18-17-44-19-24(42-43-44)20-45-32(46)31-38(5)26(22-13-9-7-10-14-22)27(23-15-11-8-12-16-23)39(6,34(38)47)40(31,41)35(45)48/h7-16,19,25,28-31,33-34,47H,17-18,20-21H2,1-6H3. The number of halogens is 1. The van der Waals surface area contributed by atoms with Gasteiger partial charge in [-0.25, -0.2) is 4.68 Å². The Hall–Kier alpha value is -3.34. The minimum Gasteiger partial charge on any atom is -0.391 e. The Kier molecular flexibility index (Phi) is 8.29. The van der Waals surface area contributed by atoms with E-state index in [4.69, 9.17) is 28.4 Å². The third-order valence-electron chi connectivity index (χ3n) is 12.3. The molecule has 286 valence electrons. The number of aromatic nitrogens is 3. The highest BCUT2D eigenvalue weighted by molar-refractivity contribution is 9.10. The van der Waals surface area contributed by atoms with Gasteiger partial charge in [0.1, 0.15) is 34.4 Å². The van der Waals surface area contributed by atoms with Crippen molar-refractivity contribution >= 4 is 38.9 Å². The van der Waals surface area contributed by atoms with Crippen molar-refractivity contribution in [3.8, 4) is 0 Å². The summed E-state index contributed by atoms with van der Waals surface area (Å²) in [4.78, 5) is 30.5. The van der Waals surface area contributed by atoms with Crippen LogP contribution in [-0.2, 0) is 51.1 Å². The van der Waals surface area contributed by atoms with Crippen LogP contribution in [0.2, 0.25) is 0 Å². The first-order valence-corrected chi connectivity index (χ1v) is 19.3. The molecule has 4 aliphatic heterocycles. The van der Waals surface area contributed by atoms with Gasteiger partial charge in [0.05, 0.1) is 44.5 Å². The van der Waals surface area contributed by atoms with Gasteiger partial charge in [-0.05, 0) is 50.0 Å². The number of nitrogens with zero attached hydrogens (tertiary/aromatic N) is 4. The molecule has 1 saturated carbocycles. The minimum absolute atomic E-state index is 0.0683. The summed E-state index contributed by atoms with van der Waals surface area (Å²) < 4.78 is 37.2. The zero-order valence-electron chi connectivity index (χ0n) is 31.1. The Labute approximate surface area is 322 Å². The molecule has 4 saturated heterocycles. The molecule has 3 aromatic rings. The summed E-state index contributed by atoms with van der Waals surface area (Å²) in [5.41, 5.74) is 1.79. The Morgan fingerprint density at radius 1 is 0.870 bits per heavy atom. The predicted molar refractivity (Wildman–Crippen MR) is 196 cm³/mol. The first-order chi connectivity index (χ1) is 25.6. The number of rotatable bonds is 8. The molecule has 10 unspecified atom stereocenters. The van der Waals surface area contributed by atoms with E-state index in [1.54, 1.807) is 10.9 Å². The average molecular weight is 806 g/mol.